The zero-order valence-electron chi connectivity index (χ0n) is 12.7. The Kier molecular flexibility index (Phi) is 4.31. The van der Waals surface area contributed by atoms with Crippen LogP contribution in [0.5, 0.6) is 5.75 Å². The molecule has 8 heteroatoms. The standard InChI is InChI=1S/C16H16F2N2O3S/c17-14-9-11(10-15(18)16(14)21)19-24(22,23)13-5-3-12(4-6-13)20-7-1-2-8-20/h3-6,9-10,19,21H,1-2,7-8H2. The number of phenolic OH excluding ortho intramolecular Hbond substituents is 1. The summed E-state index contributed by atoms with van der Waals surface area (Å²) in [5, 5.41) is 9.05. The Balaban J connectivity index is 1.82. The van der Waals surface area contributed by atoms with Crippen LogP contribution in [0.1, 0.15) is 12.8 Å². The number of sulfonamides is 1. The minimum atomic E-state index is -3.98. The van der Waals surface area contributed by atoms with Crippen LogP contribution >= 0.6 is 0 Å². The van der Waals surface area contributed by atoms with E-state index < -0.39 is 27.4 Å². The van der Waals surface area contributed by atoms with Crippen LogP contribution in [0, 0.1) is 11.6 Å². The predicted octanol–water partition coefficient (Wildman–Crippen LogP) is 3.07. The van der Waals surface area contributed by atoms with Gasteiger partial charge in [0, 0.05) is 30.9 Å². The molecule has 0 aliphatic carbocycles. The first kappa shape index (κ1) is 16.5. The predicted molar refractivity (Wildman–Crippen MR) is 86.7 cm³/mol. The molecule has 0 atom stereocenters. The summed E-state index contributed by atoms with van der Waals surface area (Å²) in [4.78, 5) is 2.15. The molecule has 1 heterocycles. The fraction of sp³-hybridized carbons (Fsp3) is 0.250. The van der Waals surface area contributed by atoms with Gasteiger partial charge >= 0.3 is 0 Å². The van der Waals surface area contributed by atoms with E-state index in [4.69, 9.17) is 5.11 Å². The third-order valence-corrected chi connectivity index (χ3v) is 5.28. The van der Waals surface area contributed by atoms with Crippen molar-refractivity contribution in [2.75, 3.05) is 22.7 Å². The van der Waals surface area contributed by atoms with Crippen molar-refractivity contribution < 1.29 is 22.3 Å². The van der Waals surface area contributed by atoms with E-state index in [0.717, 1.165) is 31.6 Å². The lowest BCUT2D eigenvalue weighted by Crippen LogP contribution is -2.18. The van der Waals surface area contributed by atoms with Gasteiger partial charge in [0.15, 0.2) is 17.4 Å². The fourth-order valence-corrected chi connectivity index (χ4v) is 3.69. The number of halogens is 2. The highest BCUT2D eigenvalue weighted by molar-refractivity contribution is 7.92. The third kappa shape index (κ3) is 3.28. The van der Waals surface area contributed by atoms with Crippen LogP contribution < -0.4 is 9.62 Å². The quantitative estimate of drug-likeness (QED) is 0.828. The molecule has 0 unspecified atom stereocenters. The summed E-state index contributed by atoms with van der Waals surface area (Å²) in [6.07, 6.45) is 2.22. The molecule has 1 saturated heterocycles. The summed E-state index contributed by atoms with van der Waals surface area (Å²) in [6, 6.07) is 7.74. The molecular formula is C16H16F2N2O3S. The van der Waals surface area contributed by atoms with Crippen molar-refractivity contribution in [1.29, 1.82) is 0 Å². The normalized spacial score (nSPS) is 14.8. The highest BCUT2D eigenvalue weighted by atomic mass is 32.2. The number of nitrogens with zero attached hydrogens (tertiary/aromatic N) is 1. The number of aromatic hydroxyl groups is 1. The number of rotatable bonds is 4. The van der Waals surface area contributed by atoms with Crippen LogP contribution in [0.15, 0.2) is 41.3 Å². The van der Waals surface area contributed by atoms with Gasteiger partial charge < -0.3 is 10.0 Å². The number of hydrogen-bond donors (Lipinski definition) is 2. The van der Waals surface area contributed by atoms with E-state index in [-0.39, 0.29) is 10.6 Å². The average Bonchev–Trinajstić information content (AvgIpc) is 3.07. The van der Waals surface area contributed by atoms with E-state index in [1.165, 1.54) is 12.1 Å². The minimum absolute atomic E-state index is 0.0145. The second-order valence-corrected chi connectivity index (χ2v) is 7.26. The van der Waals surface area contributed by atoms with Crippen molar-refractivity contribution in [2.24, 2.45) is 0 Å². The smallest absolute Gasteiger partial charge is 0.261 e. The lowest BCUT2D eigenvalue weighted by Gasteiger charge is -2.17. The van der Waals surface area contributed by atoms with Gasteiger partial charge in [-0.2, -0.15) is 0 Å². The second-order valence-electron chi connectivity index (χ2n) is 5.58. The molecule has 2 aromatic rings. The zero-order chi connectivity index (χ0) is 17.3. The van der Waals surface area contributed by atoms with Gasteiger partial charge in [-0.25, -0.2) is 17.2 Å². The van der Waals surface area contributed by atoms with Crippen LogP contribution in [0.4, 0.5) is 20.2 Å². The molecule has 0 radical (unpaired) electrons. The molecule has 2 N–H and O–H groups in total. The molecule has 0 bridgehead atoms. The molecule has 3 rings (SSSR count). The molecule has 128 valence electrons. The summed E-state index contributed by atoms with van der Waals surface area (Å²) < 4.78 is 53.3. The summed E-state index contributed by atoms with van der Waals surface area (Å²) in [5.41, 5.74) is 0.639. The summed E-state index contributed by atoms with van der Waals surface area (Å²) in [6.45, 7) is 1.88. The topological polar surface area (TPSA) is 69.6 Å². The van der Waals surface area contributed by atoms with Gasteiger partial charge in [0.1, 0.15) is 0 Å². The summed E-state index contributed by atoms with van der Waals surface area (Å²) in [7, 11) is -3.98. The van der Waals surface area contributed by atoms with Crippen molar-refractivity contribution in [3.05, 3.63) is 48.0 Å². The van der Waals surface area contributed by atoms with Gasteiger partial charge in [0.2, 0.25) is 0 Å². The van der Waals surface area contributed by atoms with Gasteiger partial charge in [-0.1, -0.05) is 0 Å². The Labute approximate surface area is 138 Å². The summed E-state index contributed by atoms with van der Waals surface area (Å²) in [5.74, 6) is -3.62. The van der Waals surface area contributed by atoms with E-state index in [2.05, 4.69) is 9.62 Å². The maximum absolute atomic E-state index is 13.3. The molecule has 0 saturated carbocycles. The van der Waals surface area contributed by atoms with E-state index in [1.54, 1.807) is 12.1 Å². The number of nitrogens with one attached hydrogen (secondary N) is 1. The highest BCUT2D eigenvalue weighted by Crippen LogP contribution is 2.27. The van der Waals surface area contributed by atoms with Gasteiger partial charge in [-0.3, -0.25) is 4.72 Å². The Bertz CT molecular complexity index is 825. The average molecular weight is 354 g/mol. The second kappa shape index (κ2) is 6.27. The number of phenols is 1. The third-order valence-electron chi connectivity index (χ3n) is 3.89. The first-order valence-corrected chi connectivity index (χ1v) is 8.91. The van der Waals surface area contributed by atoms with Gasteiger partial charge in [0.25, 0.3) is 10.0 Å². The van der Waals surface area contributed by atoms with Crippen LogP contribution in [-0.4, -0.2) is 26.6 Å². The van der Waals surface area contributed by atoms with E-state index in [9.17, 15) is 17.2 Å². The Morgan fingerprint density at radius 3 is 2.08 bits per heavy atom. The number of benzene rings is 2. The Morgan fingerprint density at radius 1 is 1.00 bits per heavy atom. The van der Waals surface area contributed by atoms with Crippen LogP contribution in [-0.2, 0) is 10.0 Å². The first-order valence-electron chi connectivity index (χ1n) is 7.43. The number of anilines is 2. The first-order chi connectivity index (χ1) is 11.4. The molecule has 1 aliphatic rings. The van der Waals surface area contributed by atoms with Gasteiger partial charge in [-0.05, 0) is 37.1 Å². The Morgan fingerprint density at radius 2 is 1.54 bits per heavy atom. The maximum atomic E-state index is 13.3. The zero-order valence-corrected chi connectivity index (χ0v) is 13.5. The van der Waals surface area contributed by atoms with Crippen molar-refractivity contribution in [3.63, 3.8) is 0 Å². The number of hydrogen-bond acceptors (Lipinski definition) is 4. The van der Waals surface area contributed by atoms with Crippen molar-refractivity contribution in [2.45, 2.75) is 17.7 Å². The lowest BCUT2D eigenvalue weighted by molar-refractivity contribution is 0.396. The van der Waals surface area contributed by atoms with E-state index >= 15 is 0 Å². The lowest BCUT2D eigenvalue weighted by atomic mass is 10.3. The van der Waals surface area contributed by atoms with Crippen molar-refractivity contribution in [1.82, 2.24) is 0 Å². The van der Waals surface area contributed by atoms with Gasteiger partial charge in [0.05, 0.1) is 10.6 Å². The Hall–Kier alpha value is -2.35. The van der Waals surface area contributed by atoms with Crippen LogP contribution in [0.2, 0.25) is 0 Å². The van der Waals surface area contributed by atoms with E-state index in [1.807, 2.05) is 0 Å². The van der Waals surface area contributed by atoms with Crippen LogP contribution in [0.25, 0.3) is 0 Å². The molecular weight excluding hydrogens is 338 g/mol. The summed E-state index contributed by atoms with van der Waals surface area (Å²) >= 11 is 0. The molecule has 1 aliphatic heterocycles. The molecule has 24 heavy (non-hydrogen) atoms. The molecule has 0 aromatic heterocycles. The van der Waals surface area contributed by atoms with Gasteiger partial charge in [-0.15, -0.1) is 0 Å². The minimum Gasteiger partial charge on any atom is -0.503 e. The highest BCUT2D eigenvalue weighted by Gasteiger charge is 2.18. The molecule has 5 nitrogen and oxygen atoms in total. The molecule has 0 amide bonds. The molecule has 0 spiro atoms. The SMILES string of the molecule is O=S(=O)(Nc1cc(F)c(O)c(F)c1)c1ccc(N2CCCC2)cc1. The molecule has 2 aromatic carbocycles. The largest absolute Gasteiger partial charge is 0.503 e. The molecule has 1 fully saturated rings. The van der Waals surface area contributed by atoms with E-state index in [0.29, 0.717) is 12.1 Å². The van der Waals surface area contributed by atoms with Crippen molar-refractivity contribution in [3.8, 4) is 5.75 Å². The maximum Gasteiger partial charge on any atom is 0.261 e. The van der Waals surface area contributed by atoms with Crippen LogP contribution in [0.3, 0.4) is 0 Å². The monoisotopic (exact) mass is 354 g/mol. The fourth-order valence-electron chi connectivity index (χ4n) is 2.65. The van der Waals surface area contributed by atoms with Crippen molar-refractivity contribution >= 4 is 21.4 Å².